The second-order valence-electron chi connectivity index (χ2n) is 12.5. The Balaban J connectivity index is 2.53. The molecule has 0 radical (unpaired) electrons. The maximum Gasteiger partial charge on any atom is 0.234 e. The fourth-order valence-corrected chi connectivity index (χ4v) is 5.58. The zero-order valence-electron chi connectivity index (χ0n) is 27.6. The second kappa shape index (κ2) is 26.2. The van der Waals surface area contributed by atoms with Crippen LogP contribution in [0.1, 0.15) is 129 Å². The first-order valence-electron chi connectivity index (χ1n) is 17.5. The van der Waals surface area contributed by atoms with Crippen LogP contribution in [-0.2, 0) is 14.3 Å². The molecule has 11 heteroatoms. The van der Waals surface area contributed by atoms with Crippen LogP contribution >= 0.6 is 0 Å². The second-order valence-corrected chi connectivity index (χ2v) is 12.5. The third-order valence-electron chi connectivity index (χ3n) is 8.54. The Kier molecular flexibility index (Phi) is 24.5. The number of nitrogens with one attached hydrogen (secondary N) is 2. The van der Waals surface area contributed by atoms with Crippen molar-refractivity contribution in [2.75, 3.05) is 26.3 Å². The van der Waals surface area contributed by atoms with Gasteiger partial charge in [0.05, 0.1) is 31.9 Å². The highest BCUT2D eigenvalue weighted by molar-refractivity contribution is 5.78. The largest absolute Gasteiger partial charge is 0.394 e. The molecule has 1 aliphatic heterocycles. The van der Waals surface area contributed by atoms with E-state index in [1.165, 1.54) is 57.8 Å². The molecule has 1 saturated heterocycles. The predicted molar refractivity (Wildman–Crippen MR) is 171 cm³/mol. The van der Waals surface area contributed by atoms with Crippen molar-refractivity contribution in [2.24, 2.45) is 0 Å². The van der Waals surface area contributed by atoms with E-state index < -0.39 is 55.6 Å². The molecule has 1 fully saturated rings. The van der Waals surface area contributed by atoms with Crippen LogP contribution in [-0.4, -0.2) is 112 Å². The Labute approximate surface area is 266 Å². The van der Waals surface area contributed by atoms with Gasteiger partial charge in [0, 0.05) is 0 Å². The van der Waals surface area contributed by atoms with Gasteiger partial charge in [-0.2, -0.15) is 0 Å². The Hall–Kier alpha value is -0.890. The molecule has 1 rings (SSSR count). The lowest BCUT2D eigenvalue weighted by Gasteiger charge is -2.40. The summed E-state index contributed by atoms with van der Waals surface area (Å²) in [7, 11) is 0. The number of amides is 1. The lowest BCUT2D eigenvalue weighted by atomic mass is 9.98. The van der Waals surface area contributed by atoms with Crippen LogP contribution in [0.25, 0.3) is 0 Å². The van der Waals surface area contributed by atoms with Crippen molar-refractivity contribution >= 4 is 5.91 Å². The van der Waals surface area contributed by atoms with Crippen LogP contribution in [0.4, 0.5) is 0 Å². The molecule has 0 aromatic carbocycles. The molecule has 0 aromatic rings. The molecule has 44 heavy (non-hydrogen) atoms. The fraction of sp³-hybridized carbons (Fsp3) is 0.970. The van der Waals surface area contributed by atoms with Crippen molar-refractivity contribution in [3.8, 4) is 0 Å². The Morgan fingerprint density at radius 2 is 1.27 bits per heavy atom. The maximum absolute atomic E-state index is 12.7. The van der Waals surface area contributed by atoms with Crippen molar-refractivity contribution in [1.82, 2.24) is 10.6 Å². The molecule has 11 nitrogen and oxygen atoms in total. The van der Waals surface area contributed by atoms with Crippen LogP contribution in [0, 0.1) is 0 Å². The number of aliphatic hydroxyl groups excluding tert-OH is 6. The molecule has 8 N–H and O–H groups in total. The third-order valence-corrected chi connectivity index (χ3v) is 8.54. The van der Waals surface area contributed by atoms with Gasteiger partial charge in [-0.05, 0) is 19.4 Å². The van der Waals surface area contributed by atoms with E-state index in [4.69, 9.17) is 9.47 Å². The molecule has 8 atom stereocenters. The van der Waals surface area contributed by atoms with E-state index in [9.17, 15) is 35.4 Å². The van der Waals surface area contributed by atoms with E-state index in [-0.39, 0.29) is 19.1 Å². The van der Waals surface area contributed by atoms with E-state index in [1.807, 2.05) is 0 Å². The zero-order valence-corrected chi connectivity index (χ0v) is 27.6. The minimum absolute atomic E-state index is 0.0336. The summed E-state index contributed by atoms with van der Waals surface area (Å²) < 4.78 is 11.0. The van der Waals surface area contributed by atoms with Gasteiger partial charge in [-0.3, -0.25) is 4.79 Å². The quantitative estimate of drug-likeness (QED) is 0.0596. The van der Waals surface area contributed by atoms with Gasteiger partial charge in [-0.15, -0.1) is 0 Å². The van der Waals surface area contributed by atoms with Crippen molar-refractivity contribution in [2.45, 2.75) is 178 Å². The summed E-state index contributed by atoms with van der Waals surface area (Å²) in [6, 6.07) is -1.02. The van der Waals surface area contributed by atoms with E-state index in [1.54, 1.807) is 0 Å². The third kappa shape index (κ3) is 17.7. The number of aliphatic hydroxyl groups is 6. The maximum atomic E-state index is 12.7. The lowest BCUT2D eigenvalue weighted by Crippen LogP contribution is -2.60. The monoisotopic (exact) mass is 634 g/mol. The molecule has 1 amide bonds. The number of rotatable bonds is 28. The zero-order chi connectivity index (χ0) is 32.6. The van der Waals surface area contributed by atoms with E-state index in [0.717, 1.165) is 51.4 Å². The normalized spacial score (nSPS) is 24.2. The summed E-state index contributed by atoms with van der Waals surface area (Å²) in [5.74, 6) is -0.377. The van der Waals surface area contributed by atoms with Crippen LogP contribution in [0.5, 0.6) is 0 Å². The number of hydrogen-bond donors (Lipinski definition) is 8. The standard InChI is InChI=1S/C33H66N2O9/c1-3-5-7-9-10-11-12-13-14-15-16-18-20-26(37)29(39)25(35-28(38)22-34-21-19-17-8-6-4-2)24-43-33-32(42)31(41)30(40)27(23-36)44-33/h25-27,29-34,36-37,39-42H,3-24H2,1-2H3,(H,35,38)/t25-,26+,27?,29-,30-,31-,32?,33-/m0/s1. The van der Waals surface area contributed by atoms with E-state index in [2.05, 4.69) is 24.5 Å². The number of carbonyl (C=O) groups is 1. The summed E-state index contributed by atoms with van der Waals surface area (Å²) in [5.41, 5.74) is 0. The number of carbonyl (C=O) groups excluding carboxylic acids is 1. The van der Waals surface area contributed by atoms with Crippen LogP contribution in [0.15, 0.2) is 0 Å². The summed E-state index contributed by atoms with van der Waals surface area (Å²) in [4.78, 5) is 12.7. The first-order chi connectivity index (χ1) is 21.3. The number of ether oxygens (including phenoxy) is 2. The fourth-order valence-electron chi connectivity index (χ4n) is 5.58. The van der Waals surface area contributed by atoms with Crippen LogP contribution in [0.2, 0.25) is 0 Å². The topological polar surface area (TPSA) is 181 Å². The van der Waals surface area contributed by atoms with Gasteiger partial charge in [0.1, 0.15) is 30.5 Å². The van der Waals surface area contributed by atoms with Gasteiger partial charge in [0.25, 0.3) is 0 Å². The van der Waals surface area contributed by atoms with Crippen molar-refractivity contribution in [1.29, 1.82) is 0 Å². The van der Waals surface area contributed by atoms with Gasteiger partial charge in [0.2, 0.25) is 5.91 Å². The Bertz CT molecular complexity index is 688. The Morgan fingerprint density at radius 1 is 0.750 bits per heavy atom. The van der Waals surface area contributed by atoms with Crippen molar-refractivity contribution in [3.05, 3.63) is 0 Å². The highest BCUT2D eigenvalue weighted by Crippen LogP contribution is 2.23. The molecule has 0 aliphatic carbocycles. The molecule has 1 aliphatic rings. The molecule has 2 unspecified atom stereocenters. The van der Waals surface area contributed by atoms with E-state index in [0.29, 0.717) is 13.0 Å². The SMILES string of the molecule is CCCCCCCCCCCCCC[C@@H](O)[C@@H](O)[C@H](CO[C@H]1OC(CO)[C@H](O)[C@H](O)C1O)NC(=O)CNCCCCCCC. The van der Waals surface area contributed by atoms with Crippen LogP contribution in [0.3, 0.4) is 0 Å². The average molecular weight is 635 g/mol. The summed E-state index contributed by atoms with van der Waals surface area (Å²) >= 11 is 0. The number of hydrogen-bond acceptors (Lipinski definition) is 10. The van der Waals surface area contributed by atoms with Gasteiger partial charge in [0.15, 0.2) is 6.29 Å². The van der Waals surface area contributed by atoms with Gasteiger partial charge in [-0.1, -0.05) is 117 Å². The molecule has 1 heterocycles. The van der Waals surface area contributed by atoms with Gasteiger partial charge in [-0.25, -0.2) is 0 Å². The predicted octanol–water partition coefficient (Wildman–Crippen LogP) is 2.66. The summed E-state index contributed by atoms with van der Waals surface area (Å²) in [6.07, 6.45) is 10.4. The van der Waals surface area contributed by atoms with Crippen molar-refractivity contribution in [3.63, 3.8) is 0 Å². The highest BCUT2D eigenvalue weighted by Gasteiger charge is 2.44. The minimum atomic E-state index is -1.61. The van der Waals surface area contributed by atoms with E-state index >= 15 is 0 Å². The lowest BCUT2D eigenvalue weighted by molar-refractivity contribution is -0.303. The average Bonchev–Trinajstić information content (AvgIpc) is 3.02. The molecule has 0 spiro atoms. The molecule has 0 aromatic heterocycles. The minimum Gasteiger partial charge on any atom is -0.394 e. The molecular weight excluding hydrogens is 568 g/mol. The van der Waals surface area contributed by atoms with Gasteiger partial charge < -0.3 is 50.7 Å². The smallest absolute Gasteiger partial charge is 0.234 e. The molecular formula is C33H66N2O9. The summed E-state index contributed by atoms with van der Waals surface area (Å²) in [5, 5.41) is 67.4. The first kappa shape index (κ1) is 41.1. The summed E-state index contributed by atoms with van der Waals surface area (Å²) in [6.45, 7) is 4.18. The first-order valence-corrected chi connectivity index (χ1v) is 17.5. The molecule has 0 bridgehead atoms. The highest BCUT2D eigenvalue weighted by atomic mass is 16.7. The van der Waals surface area contributed by atoms with Crippen molar-refractivity contribution < 1.29 is 44.9 Å². The van der Waals surface area contributed by atoms with Gasteiger partial charge >= 0.3 is 0 Å². The Morgan fingerprint density at radius 3 is 1.82 bits per heavy atom. The molecule has 262 valence electrons. The molecule has 0 saturated carbocycles. The number of unbranched alkanes of at least 4 members (excludes halogenated alkanes) is 15. The van der Waals surface area contributed by atoms with Crippen LogP contribution < -0.4 is 10.6 Å².